The number of anilines is 1. The average molecular weight is 615 g/mol. The SMILES string of the molecule is C=C/C(=C(/OCc1ccc2c(c1)CCN(C1CC(C)(C)OC(C)(C)C1)C2)C(=C)C)c1cccc(N/C(OC)=C(\C=N)C(=O)O)n1. The molecule has 2 aliphatic heterocycles. The number of carboxylic acid groups (broad SMARTS) is 1. The molecule has 4 rings (SSSR count). The first-order chi connectivity index (χ1) is 21.3. The second-order valence-corrected chi connectivity index (χ2v) is 13.0. The number of nitrogens with zero attached hydrogens (tertiary/aromatic N) is 2. The standard InChI is InChI=1S/C36H46N4O5/c1-9-28(30-11-10-12-31(38-30)39-33(43-8)29(20-37)34(41)42)32(23(2)3)44-22-24-13-14-26-21-40(16-15-25(26)17-24)27-18-35(4,5)45-36(6,7)19-27/h9-14,17,20,27,37H,1-2,15-16,18-19,21-22H2,3-8H3,(H,38,39)(H,41,42)/b32-28-,33-29-,37-20?. The molecular formula is C36H46N4O5. The van der Waals surface area contributed by atoms with Crippen molar-refractivity contribution in [2.24, 2.45) is 0 Å². The summed E-state index contributed by atoms with van der Waals surface area (Å²) in [7, 11) is 1.32. The Morgan fingerprint density at radius 1 is 1.20 bits per heavy atom. The molecule has 9 heteroatoms. The summed E-state index contributed by atoms with van der Waals surface area (Å²) >= 11 is 0. The number of aliphatic carboxylic acids is 1. The van der Waals surface area contributed by atoms with E-state index in [1.165, 1.54) is 18.2 Å². The summed E-state index contributed by atoms with van der Waals surface area (Å²) in [6.07, 6.45) is 5.44. The van der Waals surface area contributed by atoms with Gasteiger partial charge in [0, 0.05) is 30.9 Å². The van der Waals surface area contributed by atoms with Crippen LogP contribution >= 0.6 is 0 Å². The van der Waals surface area contributed by atoms with Crippen molar-refractivity contribution in [1.82, 2.24) is 9.88 Å². The van der Waals surface area contributed by atoms with Crippen molar-refractivity contribution >= 4 is 23.6 Å². The first-order valence-electron chi connectivity index (χ1n) is 15.2. The fourth-order valence-electron chi connectivity index (χ4n) is 6.45. The van der Waals surface area contributed by atoms with Crippen LogP contribution in [0.3, 0.4) is 0 Å². The number of pyridine rings is 1. The summed E-state index contributed by atoms with van der Waals surface area (Å²) in [5.41, 5.74) is 5.13. The van der Waals surface area contributed by atoms with Crippen molar-refractivity contribution in [2.45, 2.75) is 84.3 Å². The number of allylic oxidation sites excluding steroid dienone is 3. The zero-order valence-corrected chi connectivity index (χ0v) is 27.3. The number of carbonyl (C=O) groups is 1. The van der Waals surface area contributed by atoms with Gasteiger partial charge in [-0.1, -0.05) is 43.5 Å². The van der Waals surface area contributed by atoms with Crippen molar-refractivity contribution in [3.8, 4) is 0 Å². The van der Waals surface area contributed by atoms with Gasteiger partial charge in [0.2, 0.25) is 5.88 Å². The third-order valence-corrected chi connectivity index (χ3v) is 8.15. The monoisotopic (exact) mass is 614 g/mol. The van der Waals surface area contributed by atoms with Crippen LogP contribution in [0.4, 0.5) is 5.82 Å². The topological polar surface area (TPSA) is 117 Å². The van der Waals surface area contributed by atoms with Crippen LogP contribution in [-0.2, 0) is 38.6 Å². The highest BCUT2D eigenvalue weighted by Crippen LogP contribution is 2.38. The van der Waals surface area contributed by atoms with E-state index in [0.29, 0.717) is 41.7 Å². The Balaban J connectivity index is 1.51. The molecule has 2 aromatic rings. The molecule has 0 bridgehead atoms. The minimum Gasteiger partial charge on any atom is -0.488 e. The molecule has 1 aromatic heterocycles. The summed E-state index contributed by atoms with van der Waals surface area (Å²) < 4.78 is 17.9. The maximum atomic E-state index is 11.5. The number of fused-ring (bicyclic) bond motifs is 1. The first-order valence-corrected chi connectivity index (χ1v) is 15.2. The van der Waals surface area contributed by atoms with E-state index < -0.39 is 5.97 Å². The predicted octanol–water partition coefficient (Wildman–Crippen LogP) is 6.87. The van der Waals surface area contributed by atoms with E-state index in [4.69, 9.17) is 19.6 Å². The number of ether oxygens (including phenoxy) is 3. The number of nitrogens with one attached hydrogen (secondary N) is 2. The molecule has 1 fully saturated rings. The minimum atomic E-state index is -1.29. The van der Waals surface area contributed by atoms with Crippen LogP contribution in [0.5, 0.6) is 0 Å². The van der Waals surface area contributed by atoms with E-state index in [2.05, 4.69) is 74.3 Å². The van der Waals surface area contributed by atoms with Crippen molar-refractivity contribution in [1.29, 1.82) is 5.41 Å². The molecule has 0 unspecified atom stereocenters. The molecule has 0 aliphatic carbocycles. The van der Waals surface area contributed by atoms with Crippen LogP contribution in [0.25, 0.3) is 5.57 Å². The Kier molecular flexibility index (Phi) is 10.4. The summed E-state index contributed by atoms with van der Waals surface area (Å²) in [5.74, 6) is -0.487. The lowest BCUT2D eigenvalue weighted by Gasteiger charge is -2.49. The molecule has 1 aromatic carbocycles. The molecule has 2 aliphatic rings. The predicted molar refractivity (Wildman–Crippen MR) is 178 cm³/mol. The van der Waals surface area contributed by atoms with Crippen LogP contribution < -0.4 is 5.32 Å². The Hall–Kier alpha value is -4.21. The number of hydrogen-bond acceptors (Lipinski definition) is 8. The van der Waals surface area contributed by atoms with E-state index in [9.17, 15) is 9.90 Å². The smallest absolute Gasteiger partial charge is 0.342 e. The largest absolute Gasteiger partial charge is 0.488 e. The maximum Gasteiger partial charge on any atom is 0.342 e. The highest BCUT2D eigenvalue weighted by Gasteiger charge is 2.41. The number of aromatic nitrogens is 1. The maximum absolute atomic E-state index is 11.5. The molecule has 45 heavy (non-hydrogen) atoms. The van der Waals surface area contributed by atoms with Crippen LogP contribution in [0.1, 0.15) is 69.8 Å². The van der Waals surface area contributed by atoms with E-state index in [1.54, 1.807) is 18.2 Å². The Morgan fingerprint density at radius 2 is 1.91 bits per heavy atom. The summed E-state index contributed by atoms with van der Waals surface area (Å²) in [4.78, 5) is 18.7. The van der Waals surface area contributed by atoms with Gasteiger partial charge in [0.05, 0.1) is 24.0 Å². The van der Waals surface area contributed by atoms with Gasteiger partial charge in [-0.2, -0.15) is 0 Å². The Morgan fingerprint density at radius 3 is 2.51 bits per heavy atom. The highest BCUT2D eigenvalue weighted by molar-refractivity contribution is 6.08. The average Bonchev–Trinajstić information content (AvgIpc) is 2.97. The van der Waals surface area contributed by atoms with Gasteiger partial charge in [-0.25, -0.2) is 9.78 Å². The second-order valence-electron chi connectivity index (χ2n) is 13.0. The zero-order chi connectivity index (χ0) is 32.9. The zero-order valence-electron chi connectivity index (χ0n) is 27.3. The number of carboxylic acids is 1. The van der Waals surface area contributed by atoms with Crippen molar-refractivity contribution < 1.29 is 24.1 Å². The van der Waals surface area contributed by atoms with Gasteiger partial charge in [0.1, 0.15) is 23.8 Å². The van der Waals surface area contributed by atoms with Crippen molar-refractivity contribution in [2.75, 3.05) is 19.0 Å². The quantitative estimate of drug-likeness (QED) is 0.103. The normalized spacial score (nSPS) is 18.9. The van der Waals surface area contributed by atoms with E-state index in [1.807, 2.05) is 13.0 Å². The molecular weight excluding hydrogens is 568 g/mol. The molecule has 0 spiro atoms. The lowest BCUT2D eigenvalue weighted by Crippen LogP contribution is -2.53. The Bertz CT molecular complexity index is 1520. The number of benzene rings is 1. The molecule has 0 saturated carbocycles. The summed E-state index contributed by atoms with van der Waals surface area (Å²) in [5, 5.41) is 19.7. The van der Waals surface area contributed by atoms with Gasteiger partial charge in [-0.3, -0.25) is 4.90 Å². The van der Waals surface area contributed by atoms with Crippen LogP contribution in [0, 0.1) is 5.41 Å². The molecule has 240 valence electrons. The first kappa shape index (κ1) is 33.7. The Labute approximate surface area is 266 Å². The van der Waals surface area contributed by atoms with Gasteiger partial charge < -0.3 is 30.0 Å². The molecule has 9 nitrogen and oxygen atoms in total. The van der Waals surface area contributed by atoms with Gasteiger partial charge in [0.25, 0.3) is 0 Å². The third kappa shape index (κ3) is 8.29. The molecule has 0 amide bonds. The molecule has 3 N–H and O–H groups in total. The molecule has 1 saturated heterocycles. The van der Waals surface area contributed by atoms with Gasteiger partial charge in [-0.15, -0.1) is 0 Å². The van der Waals surface area contributed by atoms with Crippen LogP contribution in [0.15, 0.2) is 78.4 Å². The minimum absolute atomic E-state index is 0.0985. The lowest BCUT2D eigenvalue weighted by atomic mass is 9.83. The van der Waals surface area contributed by atoms with Gasteiger partial charge >= 0.3 is 5.97 Å². The van der Waals surface area contributed by atoms with E-state index >= 15 is 0 Å². The van der Waals surface area contributed by atoms with Crippen molar-refractivity contribution in [3.05, 3.63) is 101 Å². The van der Waals surface area contributed by atoms with Crippen molar-refractivity contribution in [3.63, 3.8) is 0 Å². The summed E-state index contributed by atoms with van der Waals surface area (Å²) in [6.45, 7) is 21.1. The van der Waals surface area contributed by atoms with E-state index in [0.717, 1.165) is 43.5 Å². The third-order valence-electron chi connectivity index (χ3n) is 8.15. The summed E-state index contributed by atoms with van der Waals surface area (Å²) in [6, 6.07) is 12.4. The van der Waals surface area contributed by atoms with Crippen LogP contribution in [0.2, 0.25) is 0 Å². The second kappa shape index (κ2) is 13.8. The van der Waals surface area contributed by atoms with E-state index in [-0.39, 0.29) is 22.7 Å². The number of hydrogen-bond donors (Lipinski definition) is 3. The molecule has 0 atom stereocenters. The lowest BCUT2D eigenvalue weighted by molar-refractivity contribution is -0.178. The van der Waals surface area contributed by atoms with Gasteiger partial charge in [0.15, 0.2) is 0 Å². The molecule has 0 radical (unpaired) electrons. The van der Waals surface area contributed by atoms with Crippen LogP contribution in [-0.4, -0.2) is 58.1 Å². The molecule has 3 heterocycles. The number of methoxy groups -OCH3 is 1. The highest BCUT2D eigenvalue weighted by atomic mass is 16.5. The fraction of sp³-hybridized carbons (Fsp3) is 0.417. The fourth-order valence-corrected chi connectivity index (χ4v) is 6.45. The van der Waals surface area contributed by atoms with Gasteiger partial charge in [-0.05, 0) is 88.3 Å². The number of rotatable bonds is 12.